The van der Waals surface area contributed by atoms with Crippen LogP contribution in [0.4, 0.5) is 14.5 Å². The number of halogens is 3. The van der Waals surface area contributed by atoms with Gasteiger partial charge in [0.1, 0.15) is 5.69 Å². The zero-order chi connectivity index (χ0) is 12.3. The summed E-state index contributed by atoms with van der Waals surface area (Å²) in [7, 11) is 0. The van der Waals surface area contributed by atoms with E-state index in [0.29, 0.717) is 0 Å². The molecule has 3 N–H and O–H groups in total. The molecule has 4 nitrogen and oxygen atoms in total. The lowest BCUT2D eigenvalue weighted by atomic mass is 10.1. The van der Waals surface area contributed by atoms with E-state index >= 15 is 0 Å². The van der Waals surface area contributed by atoms with Crippen molar-refractivity contribution in [2.75, 3.05) is 5.73 Å². The van der Waals surface area contributed by atoms with E-state index in [4.69, 9.17) is 10.8 Å². The number of hydrogen-bond donors (Lipinski definition) is 2. The van der Waals surface area contributed by atoms with Crippen LogP contribution in [0.1, 0.15) is 23.2 Å². The Bertz CT molecular complexity index is 413. The van der Waals surface area contributed by atoms with Gasteiger partial charge < -0.3 is 10.8 Å². The van der Waals surface area contributed by atoms with Gasteiger partial charge in [0.2, 0.25) is 0 Å². The number of rotatable bonds is 4. The molecule has 0 atom stereocenters. The summed E-state index contributed by atoms with van der Waals surface area (Å²) in [4.78, 5) is 14.0. The first-order chi connectivity index (χ1) is 7.47. The highest BCUT2D eigenvalue weighted by Gasteiger charge is 2.19. The summed E-state index contributed by atoms with van der Waals surface area (Å²) >= 11 is 3.03. The number of hydrogen-bond acceptors (Lipinski definition) is 3. The molecule has 0 aliphatic carbocycles. The lowest BCUT2D eigenvalue weighted by Crippen LogP contribution is -2.09. The maximum atomic E-state index is 12.5. The van der Waals surface area contributed by atoms with Crippen LogP contribution in [-0.4, -0.2) is 16.1 Å². The van der Waals surface area contributed by atoms with E-state index in [1.54, 1.807) is 0 Å². The van der Waals surface area contributed by atoms with Crippen LogP contribution in [0.5, 0.6) is 0 Å². The number of nitrogens with two attached hydrogens (primary N) is 1. The largest absolute Gasteiger partial charge is 0.481 e. The molecule has 1 aromatic heterocycles. The molecule has 1 aromatic rings. The first-order valence-corrected chi connectivity index (χ1v) is 5.41. The van der Waals surface area contributed by atoms with E-state index in [1.807, 2.05) is 0 Å². The zero-order valence-corrected chi connectivity index (χ0v) is 9.67. The molecular formula is C9H9BrF2N2O2. The van der Waals surface area contributed by atoms with Crippen LogP contribution in [0, 0.1) is 0 Å². The molecule has 7 heteroatoms. The number of alkyl halides is 3. The third-order valence-electron chi connectivity index (χ3n) is 2.02. The molecule has 0 spiro atoms. The Morgan fingerprint density at radius 3 is 2.69 bits per heavy atom. The normalized spacial score (nSPS) is 10.8. The second-order valence-corrected chi connectivity index (χ2v) is 3.63. The number of nitrogens with zero attached hydrogens (tertiary/aromatic N) is 1. The van der Waals surface area contributed by atoms with E-state index in [9.17, 15) is 13.6 Å². The van der Waals surface area contributed by atoms with Gasteiger partial charge in [-0.15, -0.1) is 0 Å². The van der Waals surface area contributed by atoms with E-state index in [-0.39, 0.29) is 28.6 Å². The summed E-state index contributed by atoms with van der Waals surface area (Å²) < 4.78 is 25.1. The highest BCUT2D eigenvalue weighted by molar-refractivity contribution is 9.08. The fourth-order valence-corrected chi connectivity index (χ4v) is 1.85. The van der Waals surface area contributed by atoms with Crippen molar-refractivity contribution in [1.29, 1.82) is 0 Å². The molecular weight excluding hydrogens is 286 g/mol. The topological polar surface area (TPSA) is 76.2 Å². The minimum Gasteiger partial charge on any atom is -0.481 e. The molecule has 0 radical (unpaired) electrons. The monoisotopic (exact) mass is 294 g/mol. The Balaban J connectivity index is 3.23. The van der Waals surface area contributed by atoms with Gasteiger partial charge in [-0.1, -0.05) is 15.9 Å². The average Bonchev–Trinajstić information content (AvgIpc) is 2.19. The van der Waals surface area contributed by atoms with Crippen molar-refractivity contribution in [3.8, 4) is 0 Å². The van der Waals surface area contributed by atoms with E-state index in [0.717, 1.165) is 6.20 Å². The van der Waals surface area contributed by atoms with Gasteiger partial charge in [0.25, 0.3) is 6.43 Å². The number of aromatic nitrogens is 1. The number of aliphatic carboxylic acids is 1. The zero-order valence-electron chi connectivity index (χ0n) is 8.08. The van der Waals surface area contributed by atoms with Gasteiger partial charge in [0.05, 0.1) is 6.42 Å². The fraction of sp³-hybridized carbons (Fsp3) is 0.333. The third-order valence-corrected chi connectivity index (χ3v) is 2.58. The maximum absolute atomic E-state index is 12.5. The smallest absolute Gasteiger partial charge is 0.307 e. The highest BCUT2D eigenvalue weighted by Crippen LogP contribution is 2.29. The van der Waals surface area contributed by atoms with Crippen molar-refractivity contribution in [3.63, 3.8) is 0 Å². The molecule has 16 heavy (non-hydrogen) atoms. The van der Waals surface area contributed by atoms with Gasteiger partial charge in [-0.3, -0.25) is 9.78 Å². The third kappa shape index (κ3) is 2.66. The predicted molar refractivity (Wildman–Crippen MR) is 57.6 cm³/mol. The van der Waals surface area contributed by atoms with Gasteiger partial charge >= 0.3 is 5.97 Å². The first-order valence-electron chi connectivity index (χ1n) is 4.29. The Morgan fingerprint density at radius 1 is 1.62 bits per heavy atom. The number of carboxylic acid groups (broad SMARTS) is 1. The molecule has 0 bridgehead atoms. The van der Waals surface area contributed by atoms with Crippen molar-refractivity contribution < 1.29 is 18.7 Å². The van der Waals surface area contributed by atoms with E-state index in [2.05, 4.69) is 20.9 Å². The molecule has 1 rings (SSSR count). The Kier molecular flexibility index (Phi) is 4.17. The number of pyridine rings is 1. The Labute approximate surface area is 98.6 Å². The van der Waals surface area contributed by atoms with Crippen LogP contribution >= 0.6 is 15.9 Å². The summed E-state index contributed by atoms with van der Waals surface area (Å²) in [5.74, 6) is -1.08. The number of nitrogen functional groups attached to an aromatic ring is 1. The Morgan fingerprint density at radius 2 is 2.25 bits per heavy atom. The standard InChI is InChI=1S/C9H9BrF2N2O2/c10-2-5-7(13)4(1-6(15)16)3-14-8(5)9(11)12/h3,9H,1-2H2,(H2,13,14)(H,15,16). The quantitative estimate of drug-likeness (QED) is 0.834. The number of anilines is 1. The number of carboxylic acids is 1. The molecule has 0 aliphatic heterocycles. The van der Waals surface area contributed by atoms with Gasteiger partial charge in [-0.25, -0.2) is 8.78 Å². The molecule has 0 unspecified atom stereocenters. The van der Waals surface area contributed by atoms with Gasteiger partial charge in [0.15, 0.2) is 0 Å². The SMILES string of the molecule is Nc1c(CC(=O)O)cnc(C(F)F)c1CBr. The summed E-state index contributed by atoms with van der Waals surface area (Å²) in [6, 6.07) is 0. The molecule has 0 amide bonds. The lowest BCUT2D eigenvalue weighted by Gasteiger charge is -2.11. The average molecular weight is 295 g/mol. The van der Waals surface area contributed by atoms with Crippen molar-refractivity contribution >= 4 is 27.6 Å². The molecule has 0 saturated heterocycles. The maximum Gasteiger partial charge on any atom is 0.307 e. The second-order valence-electron chi connectivity index (χ2n) is 3.07. The van der Waals surface area contributed by atoms with Crippen molar-refractivity contribution in [2.45, 2.75) is 18.2 Å². The predicted octanol–water partition coefficient (Wildman–Crippen LogP) is 2.12. The minimum absolute atomic E-state index is 0.0598. The lowest BCUT2D eigenvalue weighted by molar-refractivity contribution is -0.136. The van der Waals surface area contributed by atoms with E-state index in [1.165, 1.54) is 0 Å². The Hall–Kier alpha value is -1.24. The van der Waals surface area contributed by atoms with Crippen molar-refractivity contribution in [2.24, 2.45) is 0 Å². The van der Waals surface area contributed by atoms with Gasteiger partial charge in [-0.05, 0) is 0 Å². The molecule has 0 saturated carbocycles. The van der Waals surface area contributed by atoms with Gasteiger partial charge in [0, 0.05) is 28.3 Å². The molecule has 1 heterocycles. The van der Waals surface area contributed by atoms with Crippen LogP contribution in [0.25, 0.3) is 0 Å². The molecule has 0 aliphatic rings. The van der Waals surface area contributed by atoms with Crippen molar-refractivity contribution in [1.82, 2.24) is 4.98 Å². The number of carbonyl (C=O) groups is 1. The highest BCUT2D eigenvalue weighted by atomic mass is 79.9. The van der Waals surface area contributed by atoms with Crippen molar-refractivity contribution in [3.05, 3.63) is 23.0 Å². The molecule has 0 aromatic carbocycles. The van der Waals surface area contributed by atoms with Crippen LogP contribution in [0.2, 0.25) is 0 Å². The molecule has 0 fully saturated rings. The minimum atomic E-state index is -2.73. The summed E-state index contributed by atoms with van der Waals surface area (Å²) in [5.41, 5.74) is 5.65. The van der Waals surface area contributed by atoms with Crippen LogP contribution in [-0.2, 0) is 16.5 Å². The summed E-state index contributed by atoms with van der Waals surface area (Å²) in [6.45, 7) is 0. The fourth-order valence-electron chi connectivity index (χ4n) is 1.26. The van der Waals surface area contributed by atoms with Crippen LogP contribution < -0.4 is 5.73 Å². The van der Waals surface area contributed by atoms with Gasteiger partial charge in [-0.2, -0.15) is 0 Å². The summed E-state index contributed by atoms with van der Waals surface area (Å²) in [5, 5.41) is 8.70. The van der Waals surface area contributed by atoms with Crippen LogP contribution in [0.15, 0.2) is 6.20 Å². The van der Waals surface area contributed by atoms with Crippen LogP contribution in [0.3, 0.4) is 0 Å². The van der Waals surface area contributed by atoms with E-state index < -0.39 is 18.1 Å². The molecule has 88 valence electrons. The second kappa shape index (κ2) is 5.20. The first kappa shape index (κ1) is 12.8. The summed E-state index contributed by atoms with van der Waals surface area (Å²) in [6.07, 6.45) is -1.98.